The second-order valence-electron chi connectivity index (χ2n) is 7.09. The van der Waals surface area contributed by atoms with Crippen molar-refractivity contribution < 1.29 is 31.8 Å². The summed E-state index contributed by atoms with van der Waals surface area (Å²) in [4.78, 5) is 23.9. The van der Waals surface area contributed by atoms with Crippen LogP contribution in [0.1, 0.15) is 29.9 Å². The minimum absolute atomic E-state index is 0.0486. The third kappa shape index (κ3) is 4.37. The quantitative estimate of drug-likeness (QED) is 0.691. The molecule has 0 unspecified atom stereocenters. The molecule has 1 aromatic carbocycles. The van der Waals surface area contributed by atoms with Gasteiger partial charge in [0.2, 0.25) is 5.88 Å². The van der Waals surface area contributed by atoms with Gasteiger partial charge < -0.3 is 20.5 Å². The number of anilines is 1. The van der Waals surface area contributed by atoms with Crippen LogP contribution in [-0.4, -0.2) is 47.2 Å². The third-order valence-electron chi connectivity index (χ3n) is 4.73. The number of nitrogens with one attached hydrogen (secondary N) is 1. The highest BCUT2D eigenvalue weighted by molar-refractivity contribution is 6.02. The number of halogens is 4. The Hall–Kier alpha value is -3.44. The standard InChI is InChI=1S/C19H19F4N5O3/c1-18(14(21)15(19(2,22)23)31-17(24)28-18)10-6-9(4-5-11(10)20)27-16(29)12-7-26-13(30-3)8-25-12/h4-8,14-15H,1-3H3,(H2,24,28)(H,27,29)/t14-,15-,18+/m0/s1. The summed E-state index contributed by atoms with van der Waals surface area (Å²) in [7, 11) is 1.38. The van der Waals surface area contributed by atoms with Gasteiger partial charge in [-0.05, 0) is 25.1 Å². The number of ether oxygens (including phenoxy) is 2. The molecule has 0 aliphatic carbocycles. The topological polar surface area (TPSA) is 112 Å². The first kappa shape index (κ1) is 22.2. The zero-order valence-electron chi connectivity index (χ0n) is 16.7. The maximum atomic E-state index is 15.1. The molecular weight excluding hydrogens is 422 g/mol. The summed E-state index contributed by atoms with van der Waals surface area (Å²) in [5.74, 6) is -5.04. The van der Waals surface area contributed by atoms with Crippen LogP contribution in [0.15, 0.2) is 35.6 Å². The molecular formula is C19H19F4N5O3. The molecule has 1 aromatic heterocycles. The van der Waals surface area contributed by atoms with Crippen molar-refractivity contribution in [2.75, 3.05) is 12.4 Å². The zero-order chi connectivity index (χ0) is 23.0. The van der Waals surface area contributed by atoms with Gasteiger partial charge in [0.05, 0.1) is 19.5 Å². The fourth-order valence-electron chi connectivity index (χ4n) is 3.10. The van der Waals surface area contributed by atoms with Crippen molar-refractivity contribution >= 4 is 17.6 Å². The smallest absolute Gasteiger partial charge is 0.284 e. The number of benzene rings is 1. The number of hydrogen-bond donors (Lipinski definition) is 2. The monoisotopic (exact) mass is 441 g/mol. The van der Waals surface area contributed by atoms with Gasteiger partial charge in [-0.15, -0.1) is 0 Å². The van der Waals surface area contributed by atoms with Gasteiger partial charge in [-0.1, -0.05) is 0 Å². The van der Waals surface area contributed by atoms with Crippen molar-refractivity contribution in [1.29, 1.82) is 0 Å². The minimum atomic E-state index is -3.61. The summed E-state index contributed by atoms with van der Waals surface area (Å²) in [5.41, 5.74) is 2.94. The number of amidine groups is 1. The summed E-state index contributed by atoms with van der Waals surface area (Å²) in [5, 5.41) is 2.46. The average molecular weight is 441 g/mol. The maximum absolute atomic E-state index is 15.1. The molecule has 3 atom stereocenters. The lowest BCUT2D eigenvalue weighted by molar-refractivity contribution is -0.138. The van der Waals surface area contributed by atoms with E-state index < -0.39 is 41.5 Å². The van der Waals surface area contributed by atoms with E-state index in [1.165, 1.54) is 19.4 Å². The summed E-state index contributed by atoms with van der Waals surface area (Å²) < 4.78 is 66.9. The number of amides is 1. The van der Waals surface area contributed by atoms with Gasteiger partial charge >= 0.3 is 0 Å². The first-order chi connectivity index (χ1) is 14.5. The maximum Gasteiger partial charge on any atom is 0.284 e. The first-order valence-corrected chi connectivity index (χ1v) is 8.97. The van der Waals surface area contributed by atoms with Crippen molar-refractivity contribution in [2.45, 2.75) is 37.6 Å². The van der Waals surface area contributed by atoms with E-state index in [2.05, 4.69) is 25.0 Å². The molecule has 12 heteroatoms. The minimum Gasteiger partial charge on any atom is -0.480 e. The number of aliphatic imine (C=N–C) groups is 1. The number of carbonyl (C=O) groups is 1. The molecule has 0 saturated heterocycles. The number of alkyl halides is 3. The van der Waals surface area contributed by atoms with E-state index in [1.807, 2.05) is 0 Å². The highest BCUT2D eigenvalue weighted by Gasteiger charge is 2.55. The van der Waals surface area contributed by atoms with E-state index in [0.717, 1.165) is 25.3 Å². The lowest BCUT2D eigenvalue weighted by Gasteiger charge is -2.40. The van der Waals surface area contributed by atoms with Crippen molar-refractivity contribution in [3.8, 4) is 5.88 Å². The van der Waals surface area contributed by atoms with Gasteiger partial charge in [-0.3, -0.25) is 4.79 Å². The lowest BCUT2D eigenvalue weighted by Crippen LogP contribution is -2.55. The predicted molar refractivity (Wildman–Crippen MR) is 102 cm³/mol. The number of rotatable bonds is 5. The summed E-state index contributed by atoms with van der Waals surface area (Å²) in [6.45, 7) is 1.58. The van der Waals surface area contributed by atoms with Gasteiger partial charge in [-0.25, -0.2) is 32.5 Å². The molecule has 0 fully saturated rings. The van der Waals surface area contributed by atoms with Crippen LogP contribution in [-0.2, 0) is 10.3 Å². The number of aromatic nitrogens is 2. The van der Waals surface area contributed by atoms with Gasteiger partial charge in [0, 0.05) is 18.2 Å². The van der Waals surface area contributed by atoms with Crippen molar-refractivity contribution in [2.24, 2.45) is 10.7 Å². The van der Waals surface area contributed by atoms with Crippen LogP contribution in [0.25, 0.3) is 0 Å². The Morgan fingerprint density at radius 3 is 2.61 bits per heavy atom. The van der Waals surface area contributed by atoms with E-state index in [4.69, 9.17) is 10.5 Å². The Bertz CT molecular complexity index is 1010. The molecule has 0 radical (unpaired) electrons. The lowest BCUT2D eigenvalue weighted by atomic mass is 9.82. The third-order valence-corrected chi connectivity index (χ3v) is 4.73. The van der Waals surface area contributed by atoms with E-state index in [1.54, 1.807) is 0 Å². The normalized spacial score (nSPS) is 23.5. The van der Waals surface area contributed by atoms with Crippen LogP contribution in [0, 0.1) is 5.82 Å². The Labute approximate surface area is 174 Å². The second kappa shape index (κ2) is 8.00. The van der Waals surface area contributed by atoms with Crippen molar-refractivity contribution in [3.05, 3.63) is 47.7 Å². The fourth-order valence-corrected chi connectivity index (χ4v) is 3.10. The molecule has 3 rings (SSSR count). The van der Waals surface area contributed by atoms with Gasteiger partial charge in [-0.2, -0.15) is 0 Å². The fraction of sp³-hybridized carbons (Fsp3) is 0.368. The van der Waals surface area contributed by atoms with Crippen LogP contribution in [0.2, 0.25) is 0 Å². The van der Waals surface area contributed by atoms with E-state index in [0.29, 0.717) is 6.92 Å². The van der Waals surface area contributed by atoms with Gasteiger partial charge in [0.1, 0.15) is 17.1 Å². The van der Waals surface area contributed by atoms with Crippen LogP contribution < -0.4 is 15.8 Å². The highest BCUT2D eigenvalue weighted by Crippen LogP contribution is 2.42. The Balaban J connectivity index is 1.94. The molecule has 2 heterocycles. The zero-order valence-corrected chi connectivity index (χ0v) is 16.7. The molecule has 0 saturated carbocycles. The molecule has 0 spiro atoms. The summed E-state index contributed by atoms with van der Waals surface area (Å²) in [6.07, 6.45) is -2.32. The van der Waals surface area contributed by atoms with Gasteiger partial charge in [0.15, 0.2) is 12.3 Å². The molecule has 1 aliphatic rings. The molecule has 0 bridgehead atoms. The molecule has 2 aromatic rings. The van der Waals surface area contributed by atoms with Gasteiger partial charge in [0.25, 0.3) is 17.9 Å². The molecule has 1 amide bonds. The summed E-state index contributed by atoms with van der Waals surface area (Å²) in [6, 6.07) is 2.54. The molecule has 31 heavy (non-hydrogen) atoms. The van der Waals surface area contributed by atoms with Crippen LogP contribution in [0.5, 0.6) is 5.88 Å². The number of methoxy groups -OCH3 is 1. The molecule has 166 valence electrons. The van der Waals surface area contributed by atoms with Crippen LogP contribution >= 0.6 is 0 Å². The molecule has 1 aliphatic heterocycles. The SMILES string of the molecule is COc1cnc(C(=O)Nc2ccc(F)c([C@@]3(C)N=C(N)O[C@H](C(C)(F)F)[C@@H]3F)c2)cn1. The first-order valence-electron chi connectivity index (χ1n) is 8.97. The second-order valence-corrected chi connectivity index (χ2v) is 7.09. The van der Waals surface area contributed by atoms with Crippen LogP contribution in [0.4, 0.5) is 23.2 Å². The number of nitrogens with two attached hydrogens (primary N) is 1. The van der Waals surface area contributed by atoms with Crippen molar-refractivity contribution in [3.63, 3.8) is 0 Å². The Kier molecular flexibility index (Phi) is 5.74. The molecule has 3 N–H and O–H groups in total. The largest absolute Gasteiger partial charge is 0.480 e. The number of hydrogen-bond acceptors (Lipinski definition) is 7. The average Bonchev–Trinajstić information content (AvgIpc) is 2.71. The molecule has 8 nitrogen and oxygen atoms in total. The Morgan fingerprint density at radius 1 is 1.32 bits per heavy atom. The number of nitrogens with zero attached hydrogens (tertiary/aromatic N) is 3. The van der Waals surface area contributed by atoms with E-state index >= 15 is 4.39 Å². The predicted octanol–water partition coefficient (Wildman–Crippen LogP) is 2.80. The van der Waals surface area contributed by atoms with Crippen LogP contribution in [0.3, 0.4) is 0 Å². The van der Waals surface area contributed by atoms with E-state index in [9.17, 15) is 18.0 Å². The Morgan fingerprint density at radius 2 is 2.03 bits per heavy atom. The summed E-state index contributed by atoms with van der Waals surface area (Å²) >= 11 is 0. The van der Waals surface area contributed by atoms with Crippen molar-refractivity contribution in [1.82, 2.24) is 9.97 Å². The van der Waals surface area contributed by atoms with E-state index in [-0.39, 0.29) is 22.8 Å². The number of carbonyl (C=O) groups excluding carboxylic acids is 1. The highest BCUT2D eigenvalue weighted by atomic mass is 19.3.